The molecule has 0 fully saturated rings. The minimum absolute atomic E-state index is 0.814. The Morgan fingerprint density at radius 1 is 1.31 bits per heavy atom. The van der Waals surface area contributed by atoms with Crippen LogP contribution in [-0.2, 0) is 6.42 Å². The molecule has 0 aromatic carbocycles. The van der Waals surface area contributed by atoms with Crippen molar-refractivity contribution in [2.24, 2.45) is 0 Å². The molecule has 2 aromatic rings. The first kappa shape index (κ1) is 8.23. The lowest BCUT2D eigenvalue weighted by Gasteiger charge is -1.98. The molecule has 0 aliphatic rings. The van der Waals surface area contributed by atoms with Crippen LogP contribution < -0.4 is 0 Å². The van der Waals surface area contributed by atoms with Crippen molar-refractivity contribution in [2.45, 2.75) is 27.2 Å². The van der Waals surface area contributed by atoms with E-state index in [2.05, 4.69) is 36.1 Å². The summed E-state index contributed by atoms with van der Waals surface area (Å²) in [6.07, 6.45) is 3.01. The molecular formula is C10H13N3. The van der Waals surface area contributed by atoms with Gasteiger partial charge in [-0.2, -0.15) is 0 Å². The van der Waals surface area contributed by atoms with Gasteiger partial charge < -0.3 is 0 Å². The van der Waals surface area contributed by atoms with Crippen LogP contribution >= 0.6 is 0 Å². The molecule has 0 atom stereocenters. The number of aromatic nitrogens is 3. The normalized spacial score (nSPS) is 11.0. The van der Waals surface area contributed by atoms with Gasteiger partial charge in [0.1, 0.15) is 0 Å². The monoisotopic (exact) mass is 175 g/mol. The van der Waals surface area contributed by atoms with E-state index >= 15 is 0 Å². The molecule has 2 heterocycles. The van der Waals surface area contributed by atoms with Crippen molar-refractivity contribution >= 4 is 5.78 Å². The number of fused-ring (bicyclic) bond motifs is 1. The summed E-state index contributed by atoms with van der Waals surface area (Å²) in [5, 5.41) is 0. The predicted octanol–water partition coefficient (Wildman–Crippen LogP) is 1.91. The molecule has 0 saturated heterocycles. The third-order valence-corrected chi connectivity index (χ3v) is 2.17. The molecular weight excluding hydrogens is 162 g/mol. The maximum Gasteiger partial charge on any atom is 0.234 e. The minimum atomic E-state index is 0.814. The van der Waals surface area contributed by atoms with Crippen molar-refractivity contribution in [3.63, 3.8) is 0 Å². The topological polar surface area (TPSA) is 30.2 Å². The molecule has 0 spiro atoms. The average molecular weight is 175 g/mol. The van der Waals surface area contributed by atoms with Crippen LogP contribution in [0.5, 0.6) is 0 Å². The first-order valence-electron chi connectivity index (χ1n) is 4.53. The van der Waals surface area contributed by atoms with Gasteiger partial charge in [0.15, 0.2) is 0 Å². The van der Waals surface area contributed by atoms with Crippen LogP contribution in [0.15, 0.2) is 12.3 Å². The Morgan fingerprint density at radius 3 is 2.77 bits per heavy atom. The van der Waals surface area contributed by atoms with Crippen molar-refractivity contribution in [3.8, 4) is 0 Å². The molecule has 2 aromatic heterocycles. The SMILES string of the molecule is CCc1cn2c(C)cc(C)nc2n1. The van der Waals surface area contributed by atoms with Crippen molar-refractivity contribution in [1.29, 1.82) is 0 Å². The van der Waals surface area contributed by atoms with E-state index in [0.717, 1.165) is 23.6 Å². The summed E-state index contributed by atoms with van der Waals surface area (Å²) in [6.45, 7) is 6.17. The third-order valence-electron chi connectivity index (χ3n) is 2.17. The second kappa shape index (κ2) is 2.83. The number of imidazole rings is 1. The van der Waals surface area contributed by atoms with Gasteiger partial charge in [-0.05, 0) is 26.3 Å². The Labute approximate surface area is 77.4 Å². The maximum atomic E-state index is 4.40. The zero-order valence-electron chi connectivity index (χ0n) is 8.20. The van der Waals surface area contributed by atoms with E-state index in [9.17, 15) is 0 Å². The molecule has 3 heteroatoms. The van der Waals surface area contributed by atoms with Gasteiger partial charge in [-0.25, -0.2) is 9.97 Å². The van der Waals surface area contributed by atoms with E-state index in [-0.39, 0.29) is 0 Å². The van der Waals surface area contributed by atoms with Gasteiger partial charge in [0.2, 0.25) is 5.78 Å². The molecule has 0 unspecified atom stereocenters. The molecule has 0 bridgehead atoms. The maximum absolute atomic E-state index is 4.40. The molecule has 0 amide bonds. The van der Waals surface area contributed by atoms with E-state index in [1.54, 1.807) is 0 Å². The standard InChI is InChI=1S/C10H13N3/c1-4-9-6-13-8(3)5-7(2)11-10(13)12-9/h5-6H,4H2,1-3H3. The second-order valence-corrected chi connectivity index (χ2v) is 3.29. The number of aryl methyl sites for hydroxylation is 3. The lowest BCUT2D eigenvalue weighted by Crippen LogP contribution is -1.94. The van der Waals surface area contributed by atoms with Crippen molar-refractivity contribution < 1.29 is 0 Å². The zero-order chi connectivity index (χ0) is 9.42. The Kier molecular flexibility index (Phi) is 1.79. The summed E-state index contributed by atoms with van der Waals surface area (Å²) in [6, 6.07) is 2.06. The fourth-order valence-electron chi connectivity index (χ4n) is 1.49. The van der Waals surface area contributed by atoms with Crippen LogP contribution in [0.3, 0.4) is 0 Å². The zero-order valence-corrected chi connectivity index (χ0v) is 8.20. The fraction of sp³-hybridized carbons (Fsp3) is 0.400. The van der Waals surface area contributed by atoms with Crippen LogP contribution in [-0.4, -0.2) is 14.4 Å². The van der Waals surface area contributed by atoms with Gasteiger partial charge in [0.25, 0.3) is 0 Å². The van der Waals surface area contributed by atoms with Crippen LogP contribution in [0.2, 0.25) is 0 Å². The molecule has 13 heavy (non-hydrogen) atoms. The second-order valence-electron chi connectivity index (χ2n) is 3.29. The van der Waals surface area contributed by atoms with Crippen LogP contribution in [0.25, 0.3) is 5.78 Å². The minimum Gasteiger partial charge on any atom is -0.288 e. The summed E-state index contributed by atoms with van der Waals surface area (Å²) in [5.74, 6) is 0.814. The highest BCUT2D eigenvalue weighted by Gasteiger charge is 2.03. The van der Waals surface area contributed by atoms with Gasteiger partial charge in [-0.1, -0.05) is 6.92 Å². The van der Waals surface area contributed by atoms with E-state index in [0.29, 0.717) is 0 Å². The van der Waals surface area contributed by atoms with Gasteiger partial charge in [-0.15, -0.1) is 0 Å². The number of hydrogen-bond donors (Lipinski definition) is 0. The fourth-order valence-corrected chi connectivity index (χ4v) is 1.49. The highest BCUT2D eigenvalue weighted by Crippen LogP contribution is 2.08. The number of nitrogens with zero attached hydrogens (tertiary/aromatic N) is 3. The smallest absolute Gasteiger partial charge is 0.234 e. The quantitative estimate of drug-likeness (QED) is 0.662. The number of hydrogen-bond acceptors (Lipinski definition) is 2. The Balaban J connectivity index is 2.75. The Morgan fingerprint density at radius 2 is 2.08 bits per heavy atom. The van der Waals surface area contributed by atoms with Crippen molar-refractivity contribution in [2.75, 3.05) is 0 Å². The number of rotatable bonds is 1. The van der Waals surface area contributed by atoms with Crippen molar-refractivity contribution in [3.05, 3.63) is 29.3 Å². The first-order valence-corrected chi connectivity index (χ1v) is 4.53. The van der Waals surface area contributed by atoms with E-state index in [1.165, 1.54) is 5.69 Å². The third kappa shape index (κ3) is 1.30. The van der Waals surface area contributed by atoms with Crippen LogP contribution in [0.4, 0.5) is 0 Å². The Bertz CT molecular complexity index is 443. The van der Waals surface area contributed by atoms with Gasteiger partial charge in [-0.3, -0.25) is 4.40 Å². The molecule has 0 saturated carbocycles. The summed E-state index contributed by atoms with van der Waals surface area (Å²) in [7, 11) is 0. The summed E-state index contributed by atoms with van der Waals surface area (Å²) in [5.41, 5.74) is 3.31. The van der Waals surface area contributed by atoms with Crippen molar-refractivity contribution in [1.82, 2.24) is 14.4 Å². The van der Waals surface area contributed by atoms with Crippen LogP contribution in [0, 0.1) is 13.8 Å². The Hall–Kier alpha value is -1.38. The molecule has 0 N–H and O–H groups in total. The molecule has 3 nitrogen and oxygen atoms in total. The summed E-state index contributed by atoms with van der Waals surface area (Å²) in [4.78, 5) is 8.76. The lowest BCUT2D eigenvalue weighted by atomic mass is 10.3. The average Bonchev–Trinajstić information content (AvgIpc) is 2.47. The predicted molar refractivity (Wildman–Crippen MR) is 51.8 cm³/mol. The molecule has 2 rings (SSSR count). The van der Waals surface area contributed by atoms with Crippen LogP contribution in [0.1, 0.15) is 24.0 Å². The molecule has 0 aliphatic carbocycles. The van der Waals surface area contributed by atoms with Gasteiger partial charge in [0.05, 0.1) is 5.69 Å². The highest BCUT2D eigenvalue weighted by molar-refractivity contribution is 5.34. The lowest BCUT2D eigenvalue weighted by molar-refractivity contribution is 1.01. The van der Waals surface area contributed by atoms with E-state index in [1.807, 2.05) is 11.3 Å². The largest absolute Gasteiger partial charge is 0.288 e. The van der Waals surface area contributed by atoms with E-state index < -0.39 is 0 Å². The summed E-state index contributed by atoms with van der Waals surface area (Å²) >= 11 is 0. The first-order chi connectivity index (χ1) is 6.20. The van der Waals surface area contributed by atoms with Gasteiger partial charge >= 0.3 is 0 Å². The van der Waals surface area contributed by atoms with Gasteiger partial charge in [0, 0.05) is 17.6 Å². The highest BCUT2D eigenvalue weighted by atomic mass is 15.1. The molecule has 68 valence electrons. The summed E-state index contributed by atoms with van der Waals surface area (Å²) < 4.78 is 2.03. The van der Waals surface area contributed by atoms with E-state index in [4.69, 9.17) is 0 Å². The molecule has 0 aliphatic heterocycles. The molecule has 0 radical (unpaired) electrons.